The van der Waals surface area contributed by atoms with Crippen molar-refractivity contribution in [3.63, 3.8) is 0 Å². The first-order valence-electron chi connectivity index (χ1n) is 6.07. The topological polar surface area (TPSA) is 46.9 Å². The summed E-state index contributed by atoms with van der Waals surface area (Å²) >= 11 is 3.41. The van der Waals surface area contributed by atoms with Crippen molar-refractivity contribution in [2.24, 2.45) is 7.05 Å². The maximum atomic E-state index is 12.1. The van der Waals surface area contributed by atoms with E-state index in [1.807, 2.05) is 31.2 Å². The number of benzene rings is 1. The van der Waals surface area contributed by atoms with Crippen molar-refractivity contribution in [2.75, 3.05) is 10.6 Å². The average molecular weight is 322 g/mol. The van der Waals surface area contributed by atoms with Gasteiger partial charge in [0.15, 0.2) is 0 Å². The minimum atomic E-state index is -0.142. The second-order valence-corrected chi connectivity index (χ2v) is 5.18. The summed E-state index contributed by atoms with van der Waals surface area (Å²) in [5.41, 5.74) is 3.43. The monoisotopic (exact) mass is 321 g/mol. The van der Waals surface area contributed by atoms with Gasteiger partial charge in [-0.1, -0.05) is 28.1 Å². The summed E-state index contributed by atoms with van der Waals surface area (Å²) in [4.78, 5) is 12.1. The second-order valence-electron chi connectivity index (χ2n) is 4.38. The maximum absolute atomic E-state index is 12.1. The Morgan fingerprint density at radius 1 is 1.37 bits per heavy atom. The highest BCUT2D eigenvalue weighted by molar-refractivity contribution is 9.09. The Labute approximate surface area is 120 Å². The van der Waals surface area contributed by atoms with Gasteiger partial charge in [-0.05, 0) is 37.1 Å². The third-order valence-corrected chi connectivity index (χ3v) is 3.23. The Morgan fingerprint density at radius 2 is 2.05 bits per heavy atom. The zero-order chi connectivity index (χ0) is 13.8. The molecule has 0 saturated heterocycles. The van der Waals surface area contributed by atoms with E-state index in [1.165, 1.54) is 5.56 Å². The summed E-state index contributed by atoms with van der Waals surface area (Å²) in [6, 6.07) is 9.64. The van der Waals surface area contributed by atoms with Gasteiger partial charge in [0.2, 0.25) is 0 Å². The quantitative estimate of drug-likeness (QED) is 0.880. The van der Waals surface area contributed by atoms with E-state index in [9.17, 15) is 4.79 Å². The lowest BCUT2D eigenvalue weighted by molar-refractivity contribution is 0.101. The molecule has 100 valence electrons. The van der Waals surface area contributed by atoms with Crippen molar-refractivity contribution in [2.45, 2.75) is 13.3 Å². The molecule has 1 amide bonds. The van der Waals surface area contributed by atoms with Crippen LogP contribution in [-0.4, -0.2) is 21.0 Å². The molecular formula is C14H16BrN3O. The summed E-state index contributed by atoms with van der Waals surface area (Å²) < 4.78 is 1.59. The number of rotatable bonds is 4. The molecule has 0 fully saturated rings. The first kappa shape index (κ1) is 13.8. The van der Waals surface area contributed by atoms with Gasteiger partial charge in [-0.15, -0.1) is 0 Å². The van der Waals surface area contributed by atoms with Crippen molar-refractivity contribution in [1.82, 2.24) is 9.78 Å². The molecule has 1 heterocycles. The molecule has 0 aliphatic heterocycles. The molecule has 0 bridgehead atoms. The zero-order valence-corrected chi connectivity index (χ0v) is 12.6. The van der Waals surface area contributed by atoms with Gasteiger partial charge in [0.25, 0.3) is 5.91 Å². The number of hydrogen-bond donors (Lipinski definition) is 1. The lowest BCUT2D eigenvalue weighted by Crippen LogP contribution is -2.16. The van der Waals surface area contributed by atoms with Crippen LogP contribution in [-0.2, 0) is 13.5 Å². The SMILES string of the molecule is Cc1cc(C(=O)Nc2ccc(CCBr)cc2)n(C)n1. The summed E-state index contributed by atoms with van der Waals surface area (Å²) in [7, 11) is 1.76. The molecule has 5 heteroatoms. The normalized spacial score (nSPS) is 10.5. The van der Waals surface area contributed by atoms with Crippen LogP contribution in [0.1, 0.15) is 21.7 Å². The largest absolute Gasteiger partial charge is 0.321 e. The lowest BCUT2D eigenvalue weighted by Gasteiger charge is -2.06. The number of nitrogens with zero attached hydrogens (tertiary/aromatic N) is 2. The predicted molar refractivity (Wildman–Crippen MR) is 79.8 cm³/mol. The van der Waals surface area contributed by atoms with Crippen LogP contribution < -0.4 is 5.32 Å². The molecule has 0 unspecified atom stereocenters. The molecule has 0 radical (unpaired) electrons. The van der Waals surface area contributed by atoms with Gasteiger partial charge in [-0.2, -0.15) is 5.10 Å². The second kappa shape index (κ2) is 6.02. The van der Waals surface area contributed by atoms with Gasteiger partial charge in [-0.25, -0.2) is 0 Å². The third-order valence-electron chi connectivity index (χ3n) is 2.83. The predicted octanol–water partition coefficient (Wildman–Crippen LogP) is 2.92. The molecule has 0 spiro atoms. The Balaban J connectivity index is 2.08. The zero-order valence-electron chi connectivity index (χ0n) is 11.0. The molecule has 0 aliphatic rings. The van der Waals surface area contributed by atoms with E-state index < -0.39 is 0 Å². The van der Waals surface area contributed by atoms with Crippen LogP contribution in [0.4, 0.5) is 5.69 Å². The highest BCUT2D eigenvalue weighted by Gasteiger charge is 2.11. The van der Waals surface area contributed by atoms with Crippen LogP contribution >= 0.6 is 15.9 Å². The van der Waals surface area contributed by atoms with Gasteiger partial charge < -0.3 is 5.32 Å². The van der Waals surface area contributed by atoms with E-state index in [0.29, 0.717) is 5.69 Å². The van der Waals surface area contributed by atoms with E-state index in [2.05, 4.69) is 26.3 Å². The molecule has 1 N–H and O–H groups in total. The van der Waals surface area contributed by atoms with E-state index in [1.54, 1.807) is 17.8 Å². The number of aryl methyl sites for hydroxylation is 3. The molecule has 2 aromatic rings. The molecule has 0 aliphatic carbocycles. The molecule has 0 atom stereocenters. The Morgan fingerprint density at radius 3 is 2.58 bits per heavy atom. The number of hydrogen-bond acceptors (Lipinski definition) is 2. The van der Waals surface area contributed by atoms with Gasteiger partial charge in [0, 0.05) is 18.1 Å². The number of carbonyl (C=O) groups excluding carboxylic acids is 1. The third kappa shape index (κ3) is 3.44. The Hall–Kier alpha value is -1.62. The van der Waals surface area contributed by atoms with E-state index in [4.69, 9.17) is 0 Å². The lowest BCUT2D eigenvalue weighted by atomic mass is 10.1. The maximum Gasteiger partial charge on any atom is 0.273 e. The average Bonchev–Trinajstić information content (AvgIpc) is 2.71. The van der Waals surface area contributed by atoms with Gasteiger partial charge in [0.1, 0.15) is 5.69 Å². The number of carbonyl (C=O) groups is 1. The molecule has 19 heavy (non-hydrogen) atoms. The van der Waals surface area contributed by atoms with Crippen molar-refractivity contribution in [1.29, 1.82) is 0 Å². The van der Waals surface area contributed by atoms with E-state index in [-0.39, 0.29) is 5.91 Å². The van der Waals surface area contributed by atoms with Crippen LogP contribution in [0, 0.1) is 6.92 Å². The van der Waals surface area contributed by atoms with Gasteiger partial charge >= 0.3 is 0 Å². The Bertz CT molecular complexity index is 575. The fourth-order valence-corrected chi connectivity index (χ4v) is 2.34. The van der Waals surface area contributed by atoms with E-state index >= 15 is 0 Å². The van der Waals surface area contributed by atoms with Gasteiger partial charge in [0.05, 0.1) is 5.69 Å². The molecule has 4 nitrogen and oxygen atoms in total. The minimum absolute atomic E-state index is 0.142. The first-order valence-corrected chi connectivity index (χ1v) is 7.19. The van der Waals surface area contributed by atoms with E-state index in [0.717, 1.165) is 23.1 Å². The minimum Gasteiger partial charge on any atom is -0.321 e. The fourth-order valence-electron chi connectivity index (χ4n) is 1.88. The molecule has 1 aromatic heterocycles. The van der Waals surface area contributed by atoms with Gasteiger partial charge in [-0.3, -0.25) is 9.48 Å². The number of aromatic nitrogens is 2. The number of nitrogens with one attached hydrogen (secondary N) is 1. The van der Waals surface area contributed by atoms with Crippen LogP contribution in [0.25, 0.3) is 0 Å². The van der Waals surface area contributed by atoms with Crippen LogP contribution in [0.5, 0.6) is 0 Å². The summed E-state index contributed by atoms with van der Waals surface area (Å²) in [5, 5.41) is 7.97. The summed E-state index contributed by atoms with van der Waals surface area (Å²) in [5.74, 6) is -0.142. The standard InChI is InChI=1S/C14H16BrN3O/c1-10-9-13(18(2)17-10)14(19)16-12-5-3-11(4-6-12)7-8-15/h3-6,9H,7-8H2,1-2H3,(H,16,19). The first-order chi connectivity index (χ1) is 9.10. The number of anilines is 1. The highest BCUT2D eigenvalue weighted by atomic mass is 79.9. The molecule has 1 aromatic carbocycles. The molecule has 0 saturated carbocycles. The fraction of sp³-hybridized carbons (Fsp3) is 0.286. The van der Waals surface area contributed by atoms with Crippen molar-refractivity contribution >= 4 is 27.5 Å². The molecular weight excluding hydrogens is 306 g/mol. The number of amides is 1. The molecule has 2 rings (SSSR count). The Kier molecular flexibility index (Phi) is 4.37. The number of alkyl halides is 1. The van der Waals surface area contributed by atoms with Crippen molar-refractivity contribution in [3.05, 3.63) is 47.3 Å². The smallest absolute Gasteiger partial charge is 0.273 e. The highest BCUT2D eigenvalue weighted by Crippen LogP contribution is 2.12. The van der Waals surface area contributed by atoms with Crippen LogP contribution in [0.15, 0.2) is 30.3 Å². The van der Waals surface area contributed by atoms with Crippen molar-refractivity contribution in [3.8, 4) is 0 Å². The summed E-state index contributed by atoms with van der Waals surface area (Å²) in [6.07, 6.45) is 0.981. The number of halogens is 1. The van der Waals surface area contributed by atoms with Crippen molar-refractivity contribution < 1.29 is 4.79 Å². The van der Waals surface area contributed by atoms with Crippen LogP contribution in [0.2, 0.25) is 0 Å². The van der Waals surface area contributed by atoms with Crippen LogP contribution in [0.3, 0.4) is 0 Å². The summed E-state index contributed by atoms with van der Waals surface area (Å²) in [6.45, 7) is 1.87.